The van der Waals surface area contributed by atoms with Crippen LogP contribution in [0.5, 0.6) is 0 Å². The average Bonchev–Trinajstić information content (AvgIpc) is 2.68. The van der Waals surface area contributed by atoms with Crippen LogP contribution in [0, 0.1) is 5.82 Å². The standard InChI is InChI=1S/C21H26FN3O2/c1-3-14-25(15-4-2)21(27)19-11-7-10-18(24-19)20(26)23-13-12-16-8-5-6-9-17(16)22/h5-11H,3-4,12-15H2,1-2H3,(H,23,26). The maximum Gasteiger partial charge on any atom is 0.272 e. The Kier molecular flexibility index (Phi) is 7.92. The molecule has 0 aliphatic heterocycles. The van der Waals surface area contributed by atoms with E-state index in [2.05, 4.69) is 10.3 Å². The third kappa shape index (κ3) is 5.88. The van der Waals surface area contributed by atoms with Crippen LogP contribution in [0.15, 0.2) is 42.5 Å². The van der Waals surface area contributed by atoms with E-state index in [9.17, 15) is 14.0 Å². The summed E-state index contributed by atoms with van der Waals surface area (Å²) in [6, 6.07) is 11.3. The normalized spacial score (nSPS) is 10.5. The Labute approximate surface area is 159 Å². The van der Waals surface area contributed by atoms with Crippen LogP contribution in [0.3, 0.4) is 0 Å². The fourth-order valence-corrected chi connectivity index (χ4v) is 2.80. The fraction of sp³-hybridized carbons (Fsp3) is 0.381. The molecule has 0 bridgehead atoms. The second-order valence-corrected chi connectivity index (χ2v) is 6.30. The summed E-state index contributed by atoms with van der Waals surface area (Å²) in [5.74, 6) is -0.831. The Balaban J connectivity index is 2.00. The summed E-state index contributed by atoms with van der Waals surface area (Å²) < 4.78 is 13.6. The summed E-state index contributed by atoms with van der Waals surface area (Å²) >= 11 is 0. The number of pyridine rings is 1. The minimum atomic E-state index is -0.376. The minimum Gasteiger partial charge on any atom is -0.350 e. The van der Waals surface area contributed by atoms with Crippen LogP contribution in [0.25, 0.3) is 0 Å². The lowest BCUT2D eigenvalue weighted by atomic mass is 10.1. The first-order valence-electron chi connectivity index (χ1n) is 9.34. The summed E-state index contributed by atoms with van der Waals surface area (Å²) in [7, 11) is 0. The highest BCUT2D eigenvalue weighted by atomic mass is 19.1. The van der Waals surface area contributed by atoms with Crippen LogP contribution in [-0.4, -0.2) is 41.3 Å². The first-order chi connectivity index (χ1) is 13.1. The number of carbonyl (C=O) groups is 2. The Bertz CT molecular complexity index is 774. The van der Waals surface area contributed by atoms with Gasteiger partial charge in [0, 0.05) is 19.6 Å². The smallest absolute Gasteiger partial charge is 0.272 e. The average molecular weight is 371 g/mol. The molecular formula is C21H26FN3O2. The Hall–Kier alpha value is -2.76. The van der Waals surface area contributed by atoms with Gasteiger partial charge < -0.3 is 10.2 Å². The van der Waals surface area contributed by atoms with Crippen LogP contribution in [0.1, 0.15) is 53.2 Å². The molecule has 0 aliphatic rings. The molecule has 1 aromatic heterocycles. The molecule has 2 amide bonds. The number of carbonyl (C=O) groups excluding carboxylic acids is 2. The first kappa shape index (κ1) is 20.6. The van der Waals surface area contributed by atoms with Gasteiger partial charge in [0.25, 0.3) is 11.8 Å². The molecule has 0 spiro atoms. The summed E-state index contributed by atoms with van der Waals surface area (Å²) in [6.45, 7) is 5.64. The summed E-state index contributed by atoms with van der Waals surface area (Å²) in [6.07, 6.45) is 2.11. The van der Waals surface area contributed by atoms with Crippen LogP contribution < -0.4 is 5.32 Å². The van der Waals surface area contributed by atoms with Crippen molar-refractivity contribution >= 4 is 11.8 Å². The predicted molar refractivity (Wildman–Crippen MR) is 103 cm³/mol. The molecule has 1 N–H and O–H groups in total. The van der Waals surface area contributed by atoms with Gasteiger partial charge in [0.1, 0.15) is 17.2 Å². The van der Waals surface area contributed by atoms with Crippen molar-refractivity contribution in [2.45, 2.75) is 33.1 Å². The van der Waals surface area contributed by atoms with Gasteiger partial charge in [-0.15, -0.1) is 0 Å². The summed E-state index contributed by atoms with van der Waals surface area (Å²) in [5.41, 5.74) is 0.991. The van der Waals surface area contributed by atoms with E-state index in [1.54, 1.807) is 41.3 Å². The van der Waals surface area contributed by atoms with Gasteiger partial charge in [0.05, 0.1) is 0 Å². The number of aromatic nitrogens is 1. The molecule has 1 heterocycles. The number of benzene rings is 1. The van der Waals surface area contributed by atoms with Gasteiger partial charge in [-0.3, -0.25) is 9.59 Å². The van der Waals surface area contributed by atoms with E-state index in [0.29, 0.717) is 25.1 Å². The molecule has 0 fully saturated rings. The van der Waals surface area contributed by atoms with Gasteiger partial charge in [0.15, 0.2) is 0 Å². The van der Waals surface area contributed by atoms with E-state index in [0.717, 1.165) is 12.8 Å². The quantitative estimate of drug-likeness (QED) is 0.734. The molecule has 0 atom stereocenters. The van der Waals surface area contributed by atoms with Gasteiger partial charge in [-0.1, -0.05) is 38.1 Å². The number of amides is 2. The second-order valence-electron chi connectivity index (χ2n) is 6.30. The molecule has 0 radical (unpaired) electrons. The van der Waals surface area contributed by atoms with Crippen molar-refractivity contribution in [1.82, 2.24) is 15.2 Å². The van der Waals surface area contributed by atoms with Crippen molar-refractivity contribution in [3.63, 3.8) is 0 Å². The highest BCUT2D eigenvalue weighted by molar-refractivity contribution is 5.96. The van der Waals surface area contributed by atoms with E-state index < -0.39 is 0 Å². The Morgan fingerprint density at radius 2 is 1.67 bits per heavy atom. The van der Waals surface area contributed by atoms with E-state index in [-0.39, 0.29) is 35.6 Å². The number of hydrogen-bond donors (Lipinski definition) is 1. The van der Waals surface area contributed by atoms with Gasteiger partial charge in [0.2, 0.25) is 0 Å². The Morgan fingerprint density at radius 1 is 1.00 bits per heavy atom. The third-order valence-electron chi connectivity index (χ3n) is 4.11. The van der Waals surface area contributed by atoms with E-state index >= 15 is 0 Å². The fourth-order valence-electron chi connectivity index (χ4n) is 2.80. The second kappa shape index (κ2) is 10.4. The maximum absolute atomic E-state index is 13.6. The lowest BCUT2D eigenvalue weighted by molar-refractivity contribution is 0.0749. The topological polar surface area (TPSA) is 62.3 Å². The molecular weight excluding hydrogens is 345 g/mol. The minimum absolute atomic E-state index is 0.167. The van der Waals surface area contributed by atoms with Crippen molar-refractivity contribution < 1.29 is 14.0 Å². The molecule has 5 nitrogen and oxygen atoms in total. The van der Waals surface area contributed by atoms with Crippen LogP contribution in [-0.2, 0) is 6.42 Å². The number of halogens is 1. The number of nitrogens with one attached hydrogen (secondary N) is 1. The largest absolute Gasteiger partial charge is 0.350 e. The third-order valence-corrected chi connectivity index (χ3v) is 4.11. The summed E-state index contributed by atoms with van der Waals surface area (Å²) in [5, 5.41) is 2.73. The number of hydrogen-bond acceptors (Lipinski definition) is 3. The Morgan fingerprint density at radius 3 is 2.33 bits per heavy atom. The van der Waals surface area contributed by atoms with Gasteiger partial charge in [-0.25, -0.2) is 9.37 Å². The van der Waals surface area contributed by atoms with Gasteiger partial charge in [-0.2, -0.15) is 0 Å². The first-order valence-corrected chi connectivity index (χ1v) is 9.34. The van der Waals surface area contributed by atoms with Crippen molar-refractivity contribution in [1.29, 1.82) is 0 Å². The van der Waals surface area contributed by atoms with Crippen molar-refractivity contribution in [3.05, 3.63) is 65.2 Å². The molecule has 0 aliphatic carbocycles. The van der Waals surface area contributed by atoms with Crippen LogP contribution >= 0.6 is 0 Å². The van der Waals surface area contributed by atoms with Crippen molar-refractivity contribution in [3.8, 4) is 0 Å². The van der Waals surface area contributed by atoms with E-state index in [1.807, 2.05) is 13.8 Å². The van der Waals surface area contributed by atoms with Gasteiger partial charge >= 0.3 is 0 Å². The van der Waals surface area contributed by atoms with Crippen molar-refractivity contribution in [2.75, 3.05) is 19.6 Å². The number of nitrogens with zero attached hydrogens (tertiary/aromatic N) is 2. The zero-order chi connectivity index (χ0) is 19.6. The number of rotatable bonds is 9. The van der Waals surface area contributed by atoms with Crippen LogP contribution in [0.2, 0.25) is 0 Å². The van der Waals surface area contributed by atoms with E-state index in [4.69, 9.17) is 0 Å². The lowest BCUT2D eigenvalue weighted by Crippen LogP contribution is -2.34. The highest BCUT2D eigenvalue weighted by Gasteiger charge is 2.17. The molecule has 0 saturated carbocycles. The van der Waals surface area contributed by atoms with Crippen molar-refractivity contribution in [2.24, 2.45) is 0 Å². The summed E-state index contributed by atoms with van der Waals surface area (Å²) in [4.78, 5) is 30.9. The van der Waals surface area contributed by atoms with E-state index in [1.165, 1.54) is 6.07 Å². The molecule has 27 heavy (non-hydrogen) atoms. The predicted octanol–water partition coefficient (Wildman–Crippen LogP) is 3.46. The van der Waals surface area contributed by atoms with Gasteiger partial charge in [-0.05, 0) is 43.0 Å². The zero-order valence-electron chi connectivity index (χ0n) is 15.9. The monoisotopic (exact) mass is 371 g/mol. The van der Waals surface area contributed by atoms with Crippen LogP contribution in [0.4, 0.5) is 4.39 Å². The SMILES string of the molecule is CCCN(CCC)C(=O)c1cccc(C(=O)NCCc2ccccc2F)n1. The maximum atomic E-state index is 13.6. The zero-order valence-corrected chi connectivity index (χ0v) is 15.9. The molecule has 2 rings (SSSR count). The lowest BCUT2D eigenvalue weighted by Gasteiger charge is -2.21. The molecule has 2 aromatic rings. The molecule has 0 unspecified atom stereocenters. The molecule has 144 valence electrons. The molecule has 6 heteroatoms. The molecule has 1 aromatic carbocycles. The molecule has 0 saturated heterocycles. The highest BCUT2D eigenvalue weighted by Crippen LogP contribution is 2.08.